The van der Waals surface area contributed by atoms with Gasteiger partial charge in [-0.15, -0.1) is 0 Å². The number of anilines is 1. The van der Waals surface area contributed by atoms with Crippen molar-refractivity contribution in [2.75, 3.05) is 12.4 Å². The molecule has 1 fully saturated rings. The van der Waals surface area contributed by atoms with E-state index in [1.807, 2.05) is 0 Å². The molecule has 0 aliphatic carbocycles. The van der Waals surface area contributed by atoms with Gasteiger partial charge < -0.3 is 20.5 Å². The summed E-state index contributed by atoms with van der Waals surface area (Å²) >= 11 is 0. The normalized spacial score (nSPS) is 22.8. The molecule has 0 bridgehead atoms. The van der Waals surface area contributed by atoms with Crippen LogP contribution in [0.3, 0.4) is 0 Å². The smallest absolute Gasteiger partial charge is 0.417 e. The molecule has 11 heteroatoms. The Balaban J connectivity index is 2.03. The molecule has 3 N–H and O–H groups in total. The number of methoxy groups -OCH3 is 1. The number of ether oxygens (including phenoxy) is 2. The average Bonchev–Trinajstić information content (AvgIpc) is 3.12. The molecule has 1 saturated heterocycles. The largest absolute Gasteiger partial charge is 0.496 e. The number of hydrogen-bond acceptors (Lipinski definition) is 5. The minimum Gasteiger partial charge on any atom is -0.496 e. The summed E-state index contributed by atoms with van der Waals surface area (Å²) < 4.78 is 66.4. The standard InChI is InChI=1S/C22H23F4N3O4/c1-4-12-15(23)6-5-13(17(12)32-3)14-10-21(2,22(24,25)26)33-18(14)20(31)29-11-7-8-28-16(9-11)19(27)30/h5-9,14,18H,4,10H2,1-3H3,(H2,27,30)(H,28,29,31)/t14-,18+,21-/m1/s1. The lowest BCUT2D eigenvalue weighted by atomic mass is 9.84. The van der Waals surface area contributed by atoms with E-state index in [0.29, 0.717) is 0 Å². The monoisotopic (exact) mass is 469 g/mol. The van der Waals surface area contributed by atoms with Gasteiger partial charge in [0.25, 0.3) is 11.8 Å². The molecule has 0 radical (unpaired) electrons. The molecule has 3 atom stereocenters. The van der Waals surface area contributed by atoms with Crippen LogP contribution in [0.2, 0.25) is 0 Å². The van der Waals surface area contributed by atoms with E-state index in [1.54, 1.807) is 6.92 Å². The fourth-order valence-corrected chi connectivity index (χ4v) is 3.97. The predicted molar refractivity (Wildman–Crippen MR) is 110 cm³/mol. The Morgan fingerprint density at radius 3 is 2.61 bits per heavy atom. The number of aromatic nitrogens is 1. The Morgan fingerprint density at radius 1 is 1.33 bits per heavy atom. The van der Waals surface area contributed by atoms with Crippen LogP contribution < -0.4 is 15.8 Å². The van der Waals surface area contributed by atoms with Crippen molar-refractivity contribution in [1.29, 1.82) is 0 Å². The van der Waals surface area contributed by atoms with Crippen LogP contribution in [0, 0.1) is 5.82 Å². The van der Waals surface area contributed by atoms with Gasteiger partial charge in [0.05, 0.1) is 7.11 Å². The van der Waals surface area contributed by atoms with Crippen molar-refractivity contribution in [2.24, 2.45) is 5.73 Å². The van der Waals surface area contributed by atoms with E-state index in [0.717, 1.165) is 13.0 Å². The molecule has 33 heavy (non-hydrogen) atoms. The quantitative estimate of drug-likeness (QED) is 0.628. The number of hydrogen-bond donors (Lipinski definition) is 2. The average molecular weight is 469 g/mol. The molecular weight excluding hydrogens is 446 g/mol. The van der Waals surface area contributed by atoms with E-state index in [1.165, 1.54) is 31.5 Å². The highest BCUT2D eigenvalue weighted by atomic mass is 19.4. The number of nitrogens with one attached hydrogen (secondary N) is 1. The van der Waals surface area contributed by atoms with Gasteiger partial charge in [-0.05, 0) is 38.0 Å². The van der Waals surface area contributed by atoms with Crippen molar-refractivity contribution in [1.82, 2.24) is 4.98 Å². The first-order valence-corrected chi connectivity index (χ1v) is 10.1. The maximum Gasteiger partial charge on any atom is 0.417 e. The second kappa shape index (κ2) is 8.97. The van der Waals surface area contributed by atoms with E-state index in [2.05, 4.69) is 10.3 Å². The highest BCUT2D eigenvalue weighted by Gasteiger charge is 2.61. The number of benzene rings is 1. The van der Waals surface area contributed by atoms with Crippen LogP contribution in [0.4, 0.5) is 23.2 Å². The summed E-state index contributed by atoms with van der Waals surface area (Å²) in [5.74, 6) is -3.29. The molecule has 2 heterocycles. The van der Waals surface area contributed by atoms with Crippen LogP contribution in [0.5, 0.6) is 5.75 Å². The summed E-state index contributed by atoms with van der Waals surface area (Å²) in [6, 6.07) is 4.99. The van der Waals surface area contributed by atoms with Gasteiger partial charge in [-0.3, -0.25) is 14.6 Å². The Hall–Kier alpha value is -3.21. The molecule has 1 aromatic heterocycles. The Labute approximate surface area is 187 Å². The van der Waals surface area contributed by atoms with Crippen molar-refractivity contribution in [3.8, 4) is 5.75 Å². The SMILES string of the molecule is CCc1c(F)ccc([C@H]2C[C@](C)(C(F)(F)F)O[C@@H]2C(=O)Nc2ccnc(C(N)=O)c2)c1OC. The van der Waals surface area contributed by atoms with Crippen molar-refractivity contribution >= 4 is 17.5 Å². The van der Waals surface area contributed by atoms with Crippen LogP contribution in [0.15, 0.2) is 30.5 Å². The number of primary amides is 1. The first kappa shape index (κ1) is 24.4. The van der Waals surface area contributed by atoms with Crippen molar-refractivity contribution in [2.45, 2.75) is 50.5 Å². The first-order valence-electron chi connectivity index (χ1n) is 10.1. The van der Waals surface area contributed by atoms with Crippen LogP contribution in [0.1, 0.15) is 47.8 Å². The van der Waals surface area contributed by atoms with Gasteiger partial charge >= 0.3 is 6.18 Å². The van der Waals surface area contributed by atoms with Crippen LogP contribution in [-0.2, 0) is 16.0 Å². The summed E-state index contributed by atoms with van der Waals surface area (Å²) in [6.45, 7) is 2.54. The van der Waals surface area contributed by atoms with Gasteiger partial charge in [0.2, 0.25) is 0 Å². The maximum atomic E-state index is 14.3. The number of nitrogens with two attached hydrogens (primary N) is 1. The molecule has 0 spiro atoms. The number of rotatable bonds is 6. The van der Waals surface area contributed by atoms with Gasteiger partial charge in [-0.1, -0.05) is 13.0 Å². The number of carbonyl (C=O) groups is 2. The van der Waals surface area contributed by atoms with Crippen molar-refractivity contribution < 1.29 is 36.6 Å². The number of pyridine rings is 1. The summed E-state index contributed by atoms with van der Waals surface area (Å²) in [7, 11) is 1.29. The number of carbonyl (C=O) groups excluding carboxylic acids is 2. The third kappa shape index (κ3) is 4.63. The molecule has 1 aliphatic rings. The first-order chi connectivity index (χ1) is 15.4. The zero-order valence-electron chi connectivity index (χ0n) is 18.1. The Bertz CT molecular complexity index is 1080. The summed E-state index contributed by atoms with van der Waals surface area (Å²) in [5.41, 5.74) is 2.95. The third-order valence-electron chi connectivity index (χ3n) is 5.69. The lowest BCUT2D eigenvalue weighted by Gasteiger charge is -2.27. The summed E-state index contributed by atoms with van der Waals surface area (Å²) in [5, 5.41) is 2.45. The topological polar surface area (TPSA) is 104 Å². The summed E-state index contributed by atoms with van der Waals surface area (Å²) in [4.78, 5) is 28.2. The minimum atomic E-state index is -4.77. The van der Waals surface area contributed by atoms with Crippen LogP contribution in [-0.4, -0.2) is 41.8 Å². The number of amides is 2. The number of nitrogens with zero attached hydrogens (tertiary/aromatic N) is 1. The van der Waals surface area contributed by atoms with Crippen molar-refractivity contribution in [3.05, 3.63) is 53.1 Å². The van der Waals surface area contributed by atoms with Crippen molar-refractivity contribution in [3.63, 3.8) is 0 Å². The zero-order chi connectivity index (χ0) is 24.6. The van der Waals surface area contributed by atoms with Crippen LogP contribution >= 0.6 is 0 Å². The van der Waals surface area contributed by atoms with E-state index in [-0.39, 0.29) is 34.7 Å². The molecular formula is C22H23F4N3O4. The minimum absolute atomic E-state index is 0.0789. The Morgan fingerprint density at radius 2 is 2.03 bits per heavy atom. The molecule has 2 aromatic rings. The van der Waals surface area contributed by atoms with Gasteiger partial charge in [0, 0.05) is 28.9 Å². The second-order valence-corrected chi connectivity index (χ2v) is 7.86. The van der Waals surface area contributed by atoms with E-state index >= 15 is 0 Å². The predicted octanol–water partition coefficient (Wildman–Crippen LogP) is 3.72. The zero-order valence-corrected chi connectivity index (χ0v) is 18.1. The molecule has 2 amide bonds. The number of halogens is 4. The second-order valence-electron chi connectivity index (χ2n) is 7.86. The van der Waals surface area contributed by atoms with E-state index in [9.17, 15) is 27.2 Å². The fraction of sp³-hybridized carbons (Fsp3) is 0.409. The summed E-state index contributed by atoms with van der Waals surface area (Å²) in [6.07, 6.45) is -5.47. The van der Waals surface area contributed by atoms with Gasteiger partial charge in [-0.25, -0.2) is 4.39 Å². The van der Waals surface area contributed by atoms with E-state index < -0.39 is 47.9 Å². The van der Waals surface area contributed by atoms with Gasteiger partial charge in [-0.2, -0.15) is 13.2 Å². The molecule has 0 saturated carbocycles. The lowest BCUT2D eigenvalue weighted by molar-refractivity contribution is -0.261. The fourth-order valence-electron chi connectivity index (χ4n) is 3.97. The highest BCUT2D eigenvalue weighted by molar-refractivity contribution is 5.97. The van der Waals surface area contributed by atoms with Gasteiger partial charge in [0.1, 0.15) is 23.4 Å². The lowest BCUT2D eigenvalue weighted by Crippen LogP contribution is -2.43. The number of alkyl halides is 3. The molecule has 7 nitrogen and oxygen atoms in total. The Kier molecular flexibility index (Phi) is 6.64. The molecule has 1 aliphatic heterocycles. The molecule has 1 aromatic carbocycles. The third-order valence-corrected chi connectivity index (χ3v) is 5.69. The highest BCUT2D eigenvalue weighted by Crippen LogP contribution is 2.51. The van der Waals surface area contributed by atoms with Gasteiger partial charge in [0.15, 0.2) is 5.60 Å². The molecule has 3 rings (SSSR count). The van der Waals surface area contributed by atoms with Crippen LogP contribution in [0.25, 0.3) is 0 Å². The molecule has 0 unspecified atom stereocenters. The van der Waals surface area contributed by atoms with E-state index in [4.69, 9.17) is 15.2 Å². The maximum absolute atomic E-state index is 14.3. The molecule has 178 valence electrons.